The number of nitrogens with one attached hydrogen (secondary N) is 1. The van der Waals surface area contributed by atoms with E-state index in [1.54, 1.807) is 0 Å². The van der Waals surface area contributed by atoms with Gasteiger partial charge in [0.15, 0.2) is 5.69 Å². The van der Waals surface area contributed by atoms with Gasteiger partial charge in [0, 0.05) is 26.3 Å². The second-order valence-corrected chi connectivity index (χ2v) is 8.89. The van der Waals surface area contributed by atoms with Crippen molar-refractivity contribution in [3.63, 3.8) is 0 Å². The maximum Gasteiger partial charge on any atom is 0.270 e. The van der Waals surface area contributed by atoms with Crippen molar-refractivity contribution in [2.24, 2.45) is 11.7 Å². The van der Waals surface area contributed by atoms with Crippen molar-refractivity contribution in [2.75, 3.05) is 32.0 Å². The Balaban J connectivity index is 2.46. The Labute approximate surface area is 202 Å². The van der Waals surface area contributed by atoms with E-state index < -0.39 is 29.6 Å². The topological polar surface area (TPSA) is 141 Å². The van der Waals surface area contributed by atoms with Gasteiger partial charge < -0.3 is 26.4 Å². The number of carbonyl (C=O) groups excluding carboxylic acids is 3. The molecule has 186 valence electrons. The number of hydrogen-bond donors (Lipinski definition) is 3. The van der Waals surface area contributed by atoms with Gasteiger partial charge in [0.05, 0.1) is 5.69 Å². The number of nitrogens with zero attached hydrogens (tertiary/aromatic N) is 2. The molecule has 1 aromatic heterocycles. The zero-order chi connectivity index (χ0) is 25.3. The molecule has 9 nitrogen and oxygen atoms in total. The van der Waals surface area contributed by atoms with Gasteiger partial charge in [-0.3, -0.25) is 14.4 Å². The van der Waals surface area contributed by atoms with Crippen LogP contribution in [0.15, 0.2) is 24.3 Å². The third-order valence-corrected chi connectivity index (χ3v) is 5.93. The third-order valence-electron chi connectivity index (χ3n) is 5.07. The Morgan fingerprint density at radius 1 is 1.24 bits per heavy atom. The minimum absolute atomic E-state index is 0.00676. The highest BCUT2D eigenvalue weighted by atomic mass is 32.1. The molecule has 0 aliphatic carbocycles. The maximum atomic E-state index is 13.6. The molecule has 34 heavy (non-hydrogen) atoms. The quantitative estimate of drug-likeness (QED) is 0.367. The van der Waals surface area contributed by atoms with Crippen LogP contribution in [0, 0.1) is 11.7 Å². The van der Waals surface area contributed by atoms with Crippen LogP contribution in [0.25, 0.3) is 0 Å². The van der Waals surface area contributed by atoms with Crippen molar-refractivity contribution in [1.29, 1.82) is 0 Å². The molecule has 0 radical (unpaired) electrons. The Morgan fingerprint density at radius 2 is 1.91 bits per heavy atom. The summed E-state index contributed by atoms with van der Waals surface area (Å²) < 4.78 is 22.9. The highest BCUT2D eigenvalue weighted by Gasteiger charge is 2.34. The van der Waals surface area contributed by atoms with Crippen molar-refractivity contribution in [1.82, 2.24) is 14.6 Å². The van der Waals surface area contributed by atoms with Gasteiger partial charge in [0.25, 0.3) is 11.8 Å². The number of ether oxygens (including phenoxy) is 1. The Bertz CT molecular complexity index is 980. The van der Waals surface area contributed by atoms with Gasteiger partial charge in [0.1, 0.15) is 16.7 Å². The summed E-state index contributed by atoms with van der Waals surface area (Å²) in [6.45, 7) is 7.39. The highest BCUT2D eigenvalue weighted by molar-refractivity contribution is 7.09. The van der Waals surface area contributed by atoms with E-state index in [-0.39, 0.29) is 22.8 Å². The number of carbonyl (C=O) groups is 3. The van der Waals surface area contributed by atoms with Gasteiger partial charge in [-0.2, -0.15) is 4.37 Å². The number of halogens is 1. The fourth-order valence-corrected chi connectivity index (χ4v) is 4.05. The van der Waals surface area contributed by atoms with Crippen LogP contribution in [0.1, 0.15) is 65.4 Å². The predicted octanol–water partition coefficient (Wildman–Crippen LogP) is 2.74. The van der Waals surface area contributed by atoms with Crippen molar-refractivity contribution < 1.29 is 23.5 Å². The lowest BCUT2D eigenvalue weighted by Crippen LogP contribution is -2.44. The predicted molar refractivity (Wildman–Crippen MR) is 129 cm³/mol. The van der Waals surface area contributed by atoms with E-state index >= 15 is 0 Å². The molecule has 2 aromatic rings. The van der Waals surface area contributed by atoms with Crippen LogP contribution in [-0.4, -0.2) is 53.3 Å². The number of primary amides is 1. The lowest BCUT2D eigenvalue weighted by molar-refractivity contribution is -0.126. The molecule has 1 atom stereocenters. The molecule has 0 saturated carbocycles. The normalized spacial score (nSPS) is 11.9. The second kappa shape index (κ2) is 13.0. The summed E-state index contributed by atoms with van der Waals surface area (Å²) in [6.07, 6.45) is 1.20. The molecule has 2 rings (SSSR count). The fourth-order valence-electron chi connectivity index (χ4n) is 3.29. The summed E-state index contributed by atoms with van der Waals surface area (Å²) in [7, 11) is 0. The van der Waals surface area contributed by atoms with E-state index in [4.69, 9.17) is 16.2 Å². The number of amides is 3. The van der Waals surface area contributed by atoms with Gasteiger partial charge in [-0.1, -0.05) is 26.0 Å². The van der Waals surface area contributed by atoms with E-state index in [9.17, 15) is 18.8 Å². The Morgan fingerprint density at radius 3 is 2.47 bits per heavy atom. The number of nitrogen functional groups attached to an aromatic ring is 1. The van der Waals surface area contributed by atoms with Crippen molar-refractivity contribution in [3.8, 4) is 0 Å². The molecule has 11 heteroatoms. The summed E-state index contributed by atoms with van der Waals surface area (Å²) >= 11 is 0.743. The molecule has 1 heterocycles. The van der Waals surface area contributed by atoms with Crippen molar-refractivity contribution in [3.05, 3.63) is 46.2 Å². The van der Waals surface area contributed by atoms with Crippen LogP contribution in [0.2, 0.25) is 0 Å². The van der Waals surface area contributed by atoms with Crippen LogP contribution in [0.3, 0.4) is 0 Å². The van der Waals surface area contributed by atoms with E-state index in [0.29, 0.717) is 37.7 Å². The van der Waals surface area contributed by atoms with E-state index in [1.165, 1.54) is 29.2 Å². The first-order valence-corrected chi connectivity index (χ1v) is 11.9. The first-order valence-electron chi connectivity index (χ1n) is 11.1. The van der Waals surface area contributed by atoms with Crippen LogP contribution >= 0.6 is 11.5 Å². The Hall–Kier alpha value is -3.05. The van der Waals surface area contributed by atoms with Crippen molar-refractivity contribution >= 4 is 34.9 Å². The molecule has 0 fully saturated rings. The van der Waals surface area contributed by atoms with Crippen LogP contribution in [0.5, 0.6) is 0 Å². The fraction of sp³-hybridized carbons (Fsp3) is 0.478. The molecular formula is C23H32FN5O4S. The van der Waals surface area contributed by atoms with Gasteiger partial charge in [-0.05, 0) is 54.9 Å². The summed E-state index contributed by atoms with van der Waals surface area (Å²) in [6, 6.07) is 4.35. The SMILES string of the molecule is CCOCCCN(C(=O)c1snc(C(N)=O)c1N)[C@H](C(=O)NCCC(C)C)c1ccc(F)cc1. The maximum absolute atomic E-state index is 13.6. The number of benzene rings is 1. The minimum Gasteiger partial charge on any atom is -0.395 e. The third kappa shape index (κ3) is 7.22. The largest absolute Gasteiger partial charge is 0.395 e. The molecule has 1 aromatic carbocycles. The minimum atomic E-state index is -1.06. The number of nitrogens with two attached hydrogens (primary N) is 2. The molecule has 3 amide bonds. The second-order valence-electron chi connectivity index (χ2n) is 8.11. The molecule has 0 unspecified atom stereocenters. The molecule has 0 spiro atoms. The van der Waals surface area contributed by atoms with Crippen LogP contribution < -0.4 is 16.8 Å². The lowest BCUT2D eigenvalue weighted by Gasteiger charge is -2.31. The average molecular weight is 494 g/mol. The van der Waals surface area contributed by atoms with E-state index in [1.807, 2.05) is 20.8 Å². The molecule has 5 N–H and O–H groups in total. The summed E-state index contributed by atoms with van der Waals surface area (Å²) in [5, 5.41) is 2.88. The number of aromatic nitrogens is 1. The summed E-state index contributed by atoms with van der Waals surface area (Å²) in [4.78, 5) is 39.9. The first-order chi connectivity index (χ1) is 16.2. The lowest BCUT2D eigenvalue weighted by atomic mass is 10.0. The van der Waals surface area contributed by atoms with E-state index in [2.05, 4.69) is 9.69 Å². The summed E-state index contributed by atoms with van der Waals surface area (Å²) in [5.74, 6) is -1.92. The molecule has 0 aliphatic rings. The smallest absolute Gasteiger partial charge is 0.270 e. The van der Waals surface area contributed by atoms with Crippen LogP contribution in [0.4, 0.5) is 10.1 Å². The number of hydrogen-bond acceptors (Lipinski definition) is 7. The highest BCUT2D eigenvalue weighted by Crippen LogP contribution is 2.29. The molecular weight excluding hydrogens is 461 g/mol. The Kier molecular flexibility index (Phi) is 10.4. The standard InChI is InChI=1S/C23H32FN5O4S/c1-4-33-13-5-12-29(23(32)20-17(25)18(21(26)30)28-34-20)19(15-6-8-16(24)9-7-15)22(31)27-11-10-14(2)3/h6-9,14,19H,4-5,10-13,25H2,1-3H3,(H2,26,30)(H,27,31)/t19-/m0/s1. The average Bonchev–Trinajstić information content (AvgIpc) is 3.17. The zero-order valence-electron chi connectivity index (χ0n) is 19.7. The van der Waals surface area contributed by atoms with Gasteiger partial charge >= 0.3 is 0 Å². The molecule has 0 bridgehead atoms. The molecule has 0 aliphatic heterocycles. The van der Waals surface area contributed by atoms with Crippen LogP contribution in [-0.2, 0) is 9.53 Å². The summed E-state index contributed by atoms with van der Waals surface area (Å²) in [5.41, 5.74) is 11.4. The number of rotatable bonds is 13. The molecule has 0 saturated heterocycles. The van der Waals surface area contributed by atoms with Gasteiger partial charge in [0.2, 0.25) is 5.91 Å². The zero-order valence-corrected chi connectivity index (χ0v) is 20.5. The number of anilines is 1. The first kappa shape index (κ1) is 27.2. The van der Waals surface area contributed by atoms with Gasteiger partial charge in [-0.15, -0.1) is 0 Å². The monoisotopic (exact) mass is 493 g/mol. The van der Waals surface area contributed by atoms with E-state index in [0.717, 1.165) is 18.0 Å². The van der Waals surface area contributed by atoms with Gasteiger partial charge in [-0.25, -0.2) is 4.39 Å². The van der Waals surface area contributed by atoms with Crippen molar-refractivity contribution in [2.45, 2.75) is 39.7 Å².